The second-order valence-corrected chi connectivity index (χ2v) is 11.7. The fourth-order valence-corrected chi connectivity index (χ4v) is 5.70. The van der Waals surface area contributed by atoms with Gasteiger partial charge in [-0.1, -0.05) is 71.7 Å². The zero-order valence-electron chi connectivity index (χ0n) is 23.1. The van der Waals surface area contributed by atoms with Gasteiger partial charge in [0, 0.05) is 23.4 Å². The molecule has 0 radical (unpaired) electrons. The van der Waals surface area contributed by atoms with Crippen LogP contribution in [0.5, 0.6) is 5.75 Å². The highest BCUT2D eigenvalue weighted by Gasteiger charge is 2.37. The minimum atomic E-state index is -0.700. The van der Waals surface area contributed by atoms with Gasteiger partial charge >= 0.3 is 5.97 Å². The van der Waals surface area contributed by atoms with Gasteiger partial charge in [0.05, 0.1) is 0 Å². The molecular formula is C33H43NO3. The van der Waals surface area contributed by atoms with Crippen LogP contribution in [0.15, 0.2) is 59.8 Å². The molecule has 0 saturated carbocycles. The number of unbranched alkanes of at least 4 members (excludes halogenated alkanes) is 2. The molecule has 198 valence electrons. The van der Waals surface area contributed by atoms with E-state index < -0.39 is 5.97 Å². The summed E-state index contributed by atoms with van der Waals surface area (Å²) in [6, 6.07) is 15.4. The summed E-state index contributed by atoms with van der Waals surface area (Å²) in [6.07, 6.45) is 10.7. The van der Waals surface area contributed by atoms with E-state index in [0.717, 1.165) is 55.5 Å². The summed E-state index contributed by atoms with van der Waals surface area (Å²) in [4.78, 5) is 10.8. The van der Waals surface area contributed by atoms with E-state index in [0.29, 0.717) is 11.8 Å². The number of rotatable bonds is 11. The van der Waals surface area contributed by atoms with Crippen LogP contribution in [0.1, 0.15) is 108 Å². The highest BCUT2D eigenvalue weighted by molar-refractivity contribution is 5.67. The van der Waals surface area contributed by atoms with Crippen LogP contribution in [0.3, 0.4) is 0 Å². The second-order valence-electron chi connectivity index (χ2n) is 11.7. The number of carboxylic acid groups (broad SMARTS) is 1. The van der Waals surface area contributed by atoms with Gasteiger partial charge in [0.15, 0.2) is 0 Å². The van der Waals surface area contributed by atoms with E-state index in [2.05, 4.69) is 94.6 Å². The Morgan fingerprint density at radius 3 is 2.65 bits per heavy atom. The molecule has 4 rings (SSSR count). The quantitative estimate of drug-likeness (QED) is 0.302. The number of carboxylic acids is 1. The predicted molar refractivity (Wildman–Crippen MR) is 153 cm³/mol. The number of hydrogen-bond donors (Lipinski definition) is 2. The Kier molecular flexibility index (Phi) is 8.46. The number of nitrogens with one attached hydrogen (secondary N) is 1. The molecule has 1 aliphatic carbocycles. The number of fused-ring (bicyclic) bond motifs is 2. The molecule has 1 aliphatic heterocycles. The zero-order chi connectivity index (χ0) is 26.6. The van der Waals surface area contributed by atoms with Gasteiger partial charge in [-0.05, 0) is 90.0 Å². The summed E-state index contributed by atoms with van der Waals surface area (Å²) in [5.41, 5.74) is 7.49. The maximum Gasteiger partial charge on any atom is 0.303 e. The third kappa shape index (κ3) is 6.66. The number of hydrogen-bond acceptors (Lipinski definition) is 3. The molecule has 2 unspecified atom stereocenters. The molecule has 2 aromatic carbocycles. The van der Waals surface area contributed by atoms with E-state index in [-0.39, 0.29) is 17.9 Å². The average Bonchev–Trinajstić information content (AvgIpc) is 2.84. The third-order valence-electron chi connectivity index (χ3n) is 7.94. The fourth-order valence-electron chi connectivity index (χ4n) is 5.70. The molecule has 2 aliphatic rings. The lowest BCUT2D eigenvalue weighted by Crippen LogP contribution is -2.35. The molecule has 4 nitrogen and oxygen atoms in total. The molecule has 0 bridgehead atoms. The van der Waals surface area contributed by atoms with Crippen LogP contribution in [0.4, 0.5) is 5.69 Å². The highest BCUT2D eigenvalue weighted by atomic mass is 16.5. The summed E-state index contributed by atoms with van der Waals surface area (Å²) in [5, 5.41) is 12.6. The van der Waals surface area contributed by atoms with E-state index in [9.17, 15) is 4.79 Å². The lowest BCUT2D eigenvalue weighted by Gasteiger charge is -2.40. The molecular weight excluding hydrogens is 458 g/mol. The van der Waals surface area contributed by atoms with E-state index in [1.54, 1.807) is 0 Å². The highest BCUT2D eigenvalue weighted by Crippen LogP contribution is 2.46. The Balaban J connectivity index is 1.50. The van der Waals surface area contributed by atoms with E-state index in [1.807, 2.05) is 0 Å². The van der Waals surface area contributed by atoms with Gasteiger partial charge in [-0.15, -0.1) is 0 Å². The van der Waals surface area contributed by atoms with Crippen molar-refractivity contribution in [3.8, 4) is 5.75 Å². The van der Waals surface area contributed by atoms with Gasteiger partial charge in [0.1, 0.15) is 11.9 Å². The van der Waals surface area contributed by atoms with Gasteiger partial charge in [-0.3, -0.25) is 4.79 Å². The first-order valence-electron chi connectivity index (χ1n) is 14.0. The molecule has 4 heteroatoms. The minimum absolute atomic E-state index is 0.00429. The summed E-state index contributed by atoms with van der Waals surface area (Å²) >= 11 is 0. The van der Waals surface area contributed by atoms with Crippen LogP contribution in [-0.4, -0.2) is 17.2 Å². The van der Waals surface area contributed by atoms with Crippen molar-refractivity contribution in [1.29, 1.82) is 0 Å². The van der Waals surface area contributed by atoms with Gasteiger partial charge < -0.3 is 15.2 Å². The molecule has 0 fully saturated rings. The van der Waals surface area contributed by atoms with Crippen LogP contribution in [-0.2, 0) is 4.79 Å². The van der Waals surface area contributed by atoms with Crippen molar-refractivity contribution in [2.45, 2.75) is 97.5 Å². The van der Waals surface area contributed by atoms with Gasteiger partial charge in [-0.25, -0.2) is 0 Å². The van der Waals surface area contributed by atoms with Crippen LogP contribution in [0.2, 0.25) is 0 Å². The number of allylic oxidation sites excluding steroid dienone is 1. The fraction of sp³-hybridized carbons (Fsp3) is 0.485. The SMILES string of the molecule is CCC(CCCCCC(=O)O)c1ccc2c(c1)OC1C=C(Nc3cccc(C(C)C)c3)CC(C)(C)C1=C2. The maximum atomic E-state index is 10.8. The molecule has 2 aromatic rings. The Hall–Kier alpha value is -3.01. The lowest BCUT2D eigenvalue weighted by molar-refractivity contribution is -0.137. The summed E-state index contributed by atoms with van der Waals surface area (Å²) in [5.74, 6) is 1.23. The summed E-state index contributed by atoms with van der Waals surface area (Å²) in [7, 11) is 0. The first-order chi connectivity index (χ1) is 17.7. The monoisotopic (exact) mass is 501 g/mol. The molecule has 2 atom stereocenters. The molecule has 0 saturated heterocycles. The van der Waals surface area contributed by atoms with E-state index in [1.165, 1.54) is 22.4 Å². The van der Waals surface area contributed by atoms with Crippen molar-refractivity contribution in [1.82, 2.24) is 0 Å². The maximum absolute atomic E-state index is 10.8. The Labute approximate surface area is 222 Å². The Morgan fingerprint density at radius 2 is 1.92 bits per heavy atom. The van der Waals surface area contributed by atoms with Crippen LogP contribution in [0.25, 0.3) is 6.08 Å². The van der Waals surface area contributed by atoms with Crippen LogP contribution < -0.4 is 10.1 Å². The Bertz CT molecular complexity index is 1170. The molecule has 0 amide bonds. The largest absolute Gasteiger partial charge is 0.481 e. The van der Waals surface area contributed by atoms with Crippen molar-refractivity contribution in [3.05, 3.63) is 76.5 Å². The number of carbonyl (C=O) groups is 1. The first kappa shape index (κ1) is 27.0. The first-order valence-corrected chi connectivity index (χ1v) is 14.0. The average molecular weight is 502 g/mol. The topological polar surface area (TPSA) is 58.6 Å². The minimum Gasteiger partial charge on any atom is -0.481 e. The van der Waals surface area contributed by atoms with Gasteiger partial charge in [0.2, 0.25) is 0 Å². The van der Waals surface area contributed by atoms with Crippen molar-refractivity contribution in [3.63, 3.8) is 0 Å². The number of aliphatic carboxylic acids is 1. The molecule has 0 spiro atoms. The summed E-state index contributed by atoms with van der Waals surface area (Å²) in [6.45, 7) is 11.3. The molecule has 0 aromatic heterocycles. The number of benzene rings is 2. The van der Waals surface area contributed by atoms with Gasteiger partial charge in [0.25, 0.3) is 0 Å². The second kappa shape index (κ2) is 11.6. The van der Waals surface area contributed by atoms with Crippen molar-refractivity contribution < 1.29 is 14.6 Å². The molecule has 2 N–H and O–H groups in total. The molecule has 37 heavy (non-hydrogen) atoms. The standard InChI is InChI=1S/C33H43NO3/c1-6-23(11-8-7-9-14-32(35)36)25-15-16-26-18-29-31(37-30(26)19-25)20-28(21-33(29,4)5)34-27-13-10-12-24(17-27)22(2)3/h10,12-13,15-20,22-23,31,34H,6-9,11,14,21H2,1-5H3,(H,35,36). The van der Waals surface area contributed by atoms with Crippen LogP contribution in [0, 0.1) is 5.41 Å². The van der Waals surface area contributed by atoms with Crippen molar-refractivity contribution in [2.75, 3.05) is 5.32 Å². The zero-order valence-corrected chi connectivity index (χ0v) is 23.1. The Morgan fingerprint density at radius 1 is 1.11 bits per heavy atom. The smallest absolute Gasteiger partial charge is 0.303 e. The lowest BCUT2D eigenvalue weighted by atomic mass is 9.72. The van der Waals surface area contributed by atoms with Crippen molar-refractivity contribution in [2.24, 2.45) is 5.41 Å². The van der Waals surface area contributed by atoms with Crippen LogP contribution >= 0.6 is 0 Å². The van der Waals surface area contributed by atoms with Gasteiger partial charge in [-0.2, -0.15) is 0 Å². The molecule has 1 heterocycles. The summed E-state index contributed by atoms with van der Waals surface area (Å²) < 4.78 is 6.66. The van der Waals surface area contributed by atoms with E-state index >= 15 is 0 Å². The van der Waals surface area contributed by atoms with Crippen molar-refractivity contribution >= 4 is 17.7 Å². The number of anilines is 1. The van der Waals surface area contributed by atoms with E-state index in [4.69, 9.17) is 9.84 Å². The number of ether oxygens (including phenoxy) is 1. The predicted octanol–water partition coefficient (Wildman–Crippen LogP) is 8.91. The normalized spacial score (nSPS) is 18.7. The third-order valence-corrected chi connectivity index (χ3v) is 7.94.